The lowest BCUT2D eigenvalue weighted by Gasteiger charge is -2.38. The maximum absolute atomic E-state index is 13.1. The SMILES string of the molecule is Cc1cc(NC(=O)C(=O)N2C[C@H](C)CC[C@H]2c2ccc3cc[nH]c(=O)c3c2)cnc1N. The lowest BCUT2D eigenvalue weighted by atomic mass is 9.89. The topological polar surface area (TPSA) is 121 Å². The molecule has 0 unspecified atom stereocenters. The molecule has 2 aromatic heterocycles. The number of fused-ring (bicyclic) bond motifs is 1. The molecule has 1 aliphatic rings. The van der Waals surface area contributed by atoms with Crippen LogP contribution in [0.3, 0.4) is 0 Å². The van der Waals surface area contributed by atoms with E-state index >= 15 is 0 Å². The molecule has 4 rings (SSSR count). The molecule has 0 radical (unpaired) electrons. The number of rotatable bonds is 2. The molecule has 3 aromatic rings. The number of likely N-dealkylation sites (tertiary alicyclic amines) is 1. The standard InChI is InChI=1S/C23H25N5O3/c1-13-3-6-19(16-5-4-15-7-8-25-21(29)18(15)10-16)28(12-13)23(31)22(30)27-17-9-14(2)20(24)26-11-17/h4-5,7-11,13,19H,3,6,12H2,1-2H3,(H2,24,26)(H,25,29)(H,27,30)/t13-,19+/m1/s1. The number of H-pyrrole nitrogens is 1. The van der Waals surface area contributed by atoms with Gasteiger partial charge in [-0.3, -0.25) is 14.4 Å². The third-order valence-electron chi connectivity index (χ3n) is 5.83. The summed E-state index contributed by atoms with van der Waals surface area (Å²) in [5.74, 6) is -0.672. The molecule has 160 valence electrons. The molecular weight excluding hydrogens is 394 g/mol. The van der Waals surface area contributed by atoms with Crippen LogP contribution in [0.15, 0.2) is 47.5 Å². The van der Waals surface area contributed by atoms with Crippen LogP contribution >= 0.6 is 0 Å². The molecular formula is C23H25N5O3. The van der Waals surface area contributed by atoms with Crippen LogP contribution in [-0.4, -0.2) is 33.2 Å². The Morgan fingerprint density at radius 3 is 2.81 bits per heavy atom. The van der Waals surface area contributed by atoms with Gasteiger partial charge in [-0.1, -0.05) is 19.1 Å². The number of carbonyl (C=O) groups excluding carboxylic acids is 2. The van der Waals surface area contributed by atoms with E-state index in [2.05, 4.69) is 22.2 Å². The first kappa shape index (κ1) is 20.6. The number of nitrogen functional groups attached to an aromatic ring is 1. The second kappa shape index (κ2) is 8.22. The molecule has 2 amide bonds. The van der Waals surface area contributed by atoms with Crippen molar-refractivity contribution in [1.82, 2.24) is 14.9 Å². The zero-order chi connectivity index (χ0) is 22.1. The molecule has 0 spiro atoms. The number of aromatic amines is 1. The number of nitrogens with one attached hydrogen (secondary N) is 2. The van der Waals surface area contributed by atoms with E-state index in [4.69, 9.17) is 5.73 Å². The van der Waals surface area contributed by atoms with E-state index in [9.17, 15) is 14.4 Å². The maximum Gasteiger partial charge on any atom is 0.313 e. The molecule has 3 heterocycles. The number of amides is 2. The Bertz CT molecular complexity index is 1220. The number of nitrogens with zero attached hydrogens (tertiary/aromatic N) is 2. The molecule has 8 heteroatoms. The highest BCUT2D eigenvalue weighted by Gasteiger charge is 2.34. The van der Waals surface area contributed by atoms with Crippen LogP contribution in [0.2, 0.25) is 0 Å². The Labute approximate surface area is 179 Å². The molecule has 1 aromatic carbocycles. The van der Waals surface area contributed by atoms with E-state index in [-0.39, 0.29) is 17.5 Å². The van der Waals surface area contributed by atoms with Gasteiger partial charge >= 0.3 is 11.8 Å². The number of aromatic nitrogens is 2. The van der Waals surface area contributed by atoms with Gasteiger partial charge in [-0.2, -0.15) is 0 Å². The molecule has 1 fully saturated rings. The van der Waals surface area contributed by atoms with E-state index in [1.165, 1.54) is 6.20 Å². The Morgan fingerprint density at radius 1 is 1.23 bits per heavy atom. The highest BCUT2D eigenvalue weighted by Crippen LogP contribution is 2.34. The van der Waals surface area contributed by atoms with Crippen LogP contribution < -0.4 is 16.6 Å². The summed E-state index contributed by atoms with van der Waals surface area (Å²) in [4.78, 5) is 46.4. The number of hydrogen-bond donors (Lipinski definition) is 3. The van der Waals surface area contributed by atoms with Crippen LogP contribution in [0.4, 0.5) is 11.5 Å². The van der Waals surface area contributed by atoms with Crippen LogP contribution in [-0.2, 0) is 9.59 Å². The summed E-state index contributed by atoms with van der Waals surface area (Å²) < 4.78 is 0. The smallest absolute Gasteiger partial charge is 0.313 e. The second-order valence-corrected chi connectivity index (χ2v) is 8.19. The molecule has 0 aliphatic carbocycles. The minimum absolute atomic E-state index is 0.176. The van der Waals surface area contributed by atoms with Gasteiger partial charge in [0.25, 0.3) is 5.56 Å². The first-order chi connectivity index (χ1) is 14.8. The fourth-order valence-electron chi connectivity index (χ4n) is 4.10. The molecule has 0 saturated carbocycles. The van der Waals surface area contributed by atoms with E-state index in [1.807, 2.05) is 24.3 Å². The number of hydrogen-bond acceptors (Lipinski definition) is 5. The van der Waals surface area contributed by atoms with E-state index in [1.54, 1.807) is 24.1 Å². The molecule has 31 heavy (non-hydrogen) atoms. The lowest BCUT2D eigenvalue weighted by Crippen LogP contribution is -2.46. The highest BCUT2D eigenvalue weighted by atomic mass is 16.2. The van der Waals surface area contributed by atoms with Gasteiger partial charge in [0.05, 0.1) is 17.9 Å². The van der Waals surface area contributed by atoms with E-state index in [0.29, 0.717) is 23.4 Å². The van der Waals surface area contributed by atoms with Crippen LogP contribution in [0.25, 0.3) is 10.8 Å². The minimum atomic E-state index is -0.719. The Morgan fingerprint density at radius 2 is 2.03 bits per heavy atom. The quantitative estimate of drug-likeness (QED) is 0.552. The summed E-state index contributed by atoms with van der Waals surface area (Å²) in [7, 11) is 0. The Kier molecular flexibility index (Phi) is 5.46. The van der Waals surface area contributed by atoms with Gasteiger partial charge in [0.1, 0.15) is 5.82 Å². The second-order valence-electron chi connectivity index (χ2n) is 8.19. The van der Waals surface area contributed by atoms with Crippen molar-refractivity contribution in [3.8, 4) is 0 Å². The lowest BCUT2D eigenvalue weighted by molar-refractivity contribution is -0.146. The fourth-order valence-corrected chi connectivity index (χ4v) is 4.10. The third-order valence-corrected chi connectivity index (χ3v) is 5.83. The van der Waals surface area contributed by atoms with Crippen molar-refractivity contribution in [2.45, 2.75) is 32.7 Å². The Balaban J connectivity index is 1.61. The first-order valence-corrected chi connectivity index (χ1v) is 10.3. The van der Waals surface area contributed by atoms with Crippen molar-refractivity contribution in [2.24, 2.45) is 5.92 Å². The molecule has 1 saturated heterocycles. The predicted octanol–water partition coefficient (Wildman–Crippen LogP) is 2.75. The summed E-state index contributed by atoms with van der Waals surface area (Å²) in [6.45, 7) is 4.31. The van der Waals surface area contributed by atoms with E-state index in [0.717, 1.165) is 29.4 Å². The van der Waals surface area contributed by atoms with Crippen LogP contribution in [0, 0.1) is 12.8 Å². The van der Waals surface area contributed by atoms with Crippen molar-refractivity contribution in [1.29, 1.82) is 0 Å². The Hall–Kier alpha value is -3.68. The normalized spacial score (nSPS) is 18.7. The van der Waals surface area contributed by atoms with Gasteiger partial charge in [-0.15, -0.1) is 0 Å². The van der Waals surface area contributed by atoms with Gasteiger partial charge in [-0.05, 0) is 60.4 Å². The third kappa shape index (κ3) is 4.14. The predicted molar refractivity (Wildman–Crippen MR) is 119 cm³/mol. The van der Waals surface area contributed by atoms with Gasteiger partial charge in [0.2, 0.25) is 0 Å². The fraction of sp³-hybridized carbons (Fsp3) is 0.304. The van der Waals surface area contributed by atoms with Gasteiger partial charge < -0.3 is 20.9 Å². The minimum Gasteiger partial charge on any atom is -0.383 e. The molecule has 4 N–H and O–H groups in total. The summed E-state index contributed by atoms with van der Waals surface area (Å²) in [6, 6.07) is 8.87. The molecule has 8 nitrogen and oxygen atoms in total. The summed E-state index contributed by atoms with van der Waals surface area (Å²) >= 11 is 0. The van der Waals surface area contributed by atoms with Crippen molar-refractivity contribution in [3.63, 3.8) is 0 Å². The highest BCUT2D eigenvalue weighted by molar-refractivity contribution is 6.39. The maximum atomic E-state index is 13.1. The number of nitrogens with two attached hydrogens (primary N) is 1. The van der Waals surface area contributed by atoms with Crippen molar-refractivity contribution < 1.29 is 9.59 Å². The average Bonchev–Trinajstić information content (AvgIpc) is 2.76. The summed E-state index contributed by atoms with van der Waals surface area (Å²) in [5.41, 5.74) is 7.53. The molecule has 0 bridgehead atoms. The van der Waals surface area contributed by atoms with Crippen molar-refractivity contribution in [3.05, 3.63) is 64.2 Å². The number of carbonyl (C=O) groups is 2. The summed E-state index contributed by atoms with van der Waals surface area (Å²) in [5, 5.41) is 4.03. The number of benzene rings is 1. The number of aryl methyl sites for hydroxylation is 1. The number of piperidine rings is 1. The van der Waals surface area contributed by atoms with Crippen LogP contribution in [0.1, 0.15) is 36.9 Å². The van der Waals surface area contributed by atoms with Crippen LogP contribution in [0.5, 0.6) is 0 Å². The molecule has 2 atom stereocenters. The van der Waals surface area contributed by atoms with Gasteiger partial charge in [0.15, 0.2) is 0 Å². The molecule has 1 aliphatic heterocycles. The monoisotopic (exact) mass is 419 g/mol. The largest absolute Gasteiger partial charge is 0.383 e. The summed E-state index contributed by atoms with van der Waals surface area (Å²) in [6.07, 6.45) is 4.69. The van der Waals surface area contributed by atoms with Gasteiger partial charge in [0, 0.05) is 18.1 Å². The van der Waals surface area contributed by atoms with Crippen molar-refractivity contribution in [2.75, 3.05) is 17.6 Å². The van der Waals surface area contributed by atoms with E-state index < -0.39 is 11.8 Å². The number of anilines is 2. The first-order valence-electron chi connectivity index (χ1n) is 10.3. The number of pyridine rings is 2. The zero-order valence-electron chi connectivity index (χ0n) is 17.5. The van der Waals surface area contributed by atoms with Crippen molar-refractivity contribution >= 4 is 34.1 Å². The zero-order valence-corrected chi connectivity index (χ0v) is 17.5. The van der Waals surface area contributed by atoms with Gasteiger partial charge in [-0.25, -0.2) is 4.98 Å². The average molecular weight is 419 g/mol.